The van der Waals surface area contributed by atoms with Crippen LogP contribution in [-0.4, -0.2) is 15.9 Å². The Balaban J connectivity index is 1.58. The molecule has 1 amide bonds. The normalized spacial score (nSPS) is 11.5. The van der Waals surface area contributed by atoms with Gasteiger partial charge in [-0.3, -0.25) is 15.1 Å². The van der Waals surface area contributed by atoms with Crippen molar-refractivity contribution in [1.29, 1.82) is 0 Å². The van der Waals surface area contributed by atoms with E-state index in [9.17, 15) is 4.79 Å². The predicted octanol–water partition coefficient (Wildman–Crippen LogP) is 6.67. The maximum Gasteiger partial charge on any atom is 0.301 e. The fourth-order valence-corrected chi connectivity index (χ4v) is 4.16. The molecule has 7 heteroatoms. The van der Waals surface area contributed by atoms with E-state index in [0.717, 1.165) is 27.3 Å². The van der Waals surface area contributed by atoms with Gasteiger partial charge in [0.25, 0.3) is 5.91 Å². The first kappa shape index (κ1) is 20.3. The number of benzene rings is 1. The van der Waals surface area contributed by atoms with Crippen LogP contribution in [0.2, 0.25) is 5.02 Å². The van der Waals surface area contributed by atoms with Crippen LogP contribution in [0.3, 0.4) is 0 Å². The highest BCUT2D eigenvalue weighted by Crippen LogP contribution is 2.37. The van der Waals surface area contributed by atoms with Gasteiger partial charge in [-0.2, -0.15) is 0 Å². The van der Waals surface area contributed by atoms with Crippen LogP contribution in [0.4, 0.5) is 6.01 Å². The largest absolute Gasteiger partial charge is 0.432 e. The molecule has 4 aromatic rings. The first-order chi connectivity index (χ1) is 14.3. The van der Waals surface area contributed by atoms with Gasteiger partial charge in [-0.05, 0) is 46.8 Å². The van der Waals surface area contributed by atoms with Crippen molar-refractivity contribution < 1.29 is 9.21 Å². The molecule has 0 fully saturated rings. The Morgan fingerprint density at radius 2 is 1.90 bits per heavy atom. The molecule has 0 atom stereocenters. The Hall–Kier alpha value is -2.96. The van der Waals surface area contributed by atoms with Crippen LogP contribution in [0.1, 0.15) is 36.8 Å². The third-order valence-corrected chi connectivity index (χ3v) is 5.90. The fourth-order valence-electron chi connectivity index (χ4n) is 2.97. The number of halogens is 1. The summed E-state index contributed by atoms with van der Waals surface area (Å²) >= 11 is 8.16. The predicted molar refractivity (Wildman–Crippen MR) is 121 cm³/mol. The van der Waals surface area contributed by atoms with E-state index in [-0.39, 0.29) is 17.3 Å². The molecule has 0 saturated carbocycles. The maximum atomic E-state index is 12.3. The van der Waals surface area contributed by atoms with Crippen molar-refractivity contribution in [3.8, 4) is 21.6 Å². The SMILES string of the molecule is CC(C)(C)c1cc(-c2cc(-c3ccc(C(=O)Nc4ncco4)cc3Cl)cs2)ccn1. The maximum absolute atomic E-state index is 12.3. The van der Waals surface area contributed by atoms with Crippen molar-refractivity contribution in [2.75, 3.05) is 5.32 Å². The fraction of sp³-hybridized carbons (Fsp3) is 0.174. The highest BCUT2D eigenvalue weighted by Gasteiger charge is 2.17. The number of nitrogens with zero attached hydrogens (tertiary/aromatic N) is 2. The molecule has 152 valence electrons. The average Bonchev–Trinajstić information content (AvgIpc) is 3.39. The molecule has 0 spiro atoms. The number of aromatic nitrogens is 2. The Labute approximate surface area is 183 Å². The van der Waals surface area contributed by atoms with E-state index in [4.69, 9.17) is 16.0 Å². The number of carbonyl (C=O) groups is 1. The zero-order chi connectivity index (χ0) is 21.3. The summed E-state index contributed by atoms with van der Waals surface area (Å²) in [5.74, 6) is -0.330. The van der Waals surface area contributed by atoms with Gasteiger partial charge in [0.1, 0.15) is 6.26 Å². The lowest BCUT2D eigenvalue weighted by Gasteiger charge is -2.17. The number of hydrogen-bond donors (Lipinski definition) is 1. The van der Waals surface area contributed by atoms with Crippen LogP contribution >= 0.6 is 22.9 Å². The summed E-state index contributed by atoms with van der Waals surface area (Å²) in [6.07, 6.45) is 4.71. The molecule has 3 heterocycles. The summed E-state index contributed by atoms with van der Waals surface area (Å²) in [5, 5.41) is 5.16. The van der Waals surface area contributed by atoms with E-state index in [0.29, 0.717) is 10.6 Å². The van der Waals surface area contributed by atoms with E-state index in [1.54, 1.807) is 23.5 Å². The molecular formula is C23H20ClN3O2S. The molecule has 3 aromatic heterocycles. The number of oxazole rings is 1. The highest BCUT2D eigenvalue weighted by molar-refractivity contribution is 7.14. The number of hydrogen-bond acceptors (Lipinski definition) is 5. The molecule has 5 nitrogen and oxygen atoms in total. The molecule has 1 N–H and O–H groups in total. The van der Waals surface area contributed by atoms with Gasteiger partial charge in [0.15, 0.2) is 0 Å². The minimum atomic E-state index is -0.330. The lowest BCUT2D eigenvalue weighted by Crippen LogP contribution is -2.13. The second-order valence-corrected chi connectivity index (χ2v) is 9.18. The van der Waals surface area contributed by atoms with Crippen molar-refractivity contribution in [3.63, 3.8) is 0 Å². The lowest BCUT2D eigenvalue weighted by atomic mass is 9.90. The Morgan fingerprint density at radius 1 is 1.07 bits per heavy atom. The van der Waals surface area contributed by atoms with Gasteiger partial charge in [0.05, 0.1) is 6.20 Å². The third kappa shape index (κ3) is 4.30. The summed E-state index contributed by atoms with van der Waals surface area (Å²) in [5.41, 5.74) is 4.48. The second-order valence-electron chi connectivity index (χ2n) is 7.87. The van der Waals surface area contributed by atoms with Crippen molar-refractivity contribution in [1.82, 2.24) is 9.97 Å². The third-order valence-electron chi connectivity index (χ3n) is 4.61. The Bertz CT molecular complexity index is 1190. The molecule has 0 bridgehead atoms. The van der Waals surface area contributed by atoms with Crippen LogP contribution in [0, 0.1) is 0 Å². The van der Waals surface area contributed by atoms with Crippen LogP contribution in [0.5, 0.6) is 0 Å². The number of carbonyl (C=O) groups excluding carboxylic acids is 1. The molecule has 0 radical (unpaired) electrons. The Kier molecular flexibility index (Phi) is 5.45. The molecule has 0 aliphatic rings. The van der Waals surface area contributed by atoms with Gasteiger partial charge in [-0.15, -0.1) is 11.3 Å². The zero-order valence-corrected chi connectivity index (χ0v) is 18.3. The highest BCUT2D eigenvalue weighted by atomic mass is 35.5. The number of thiophene rings is 1. The van der Waals surface area contributed by atoms with Crippen molar-refractivity contribution in [2.45, 2.75) is 26.2 Å². The molecule has 0 unspecified atom stereocenters. The first-order valence-corrected chi connectivity index (χ1v) is 10.6. The smallest absolute Gasteiger partial charge is 0.301 e. The van der Waals surface area contributed by atoms with Gasteiger partial charge in [0.2, 0.25) is 0 Å². The summed E-state index contributed by atoms with van der Waals surface area (Å²) in [6.45, 7) is 6.45. The Morgan fingerprint density at radius 3 is 2.60 bits per heavy atom. The average molecular weight is 438 g/mol. The number of nitrogens with one attached hydrogen (secondary N) is 1. The number of rotatable bonds is 4. The molecule has 0 aliphatic carbocycles. The number of anilines is 1. The first-order valence-electron chi connectivity index (χ1n) is 9.37. The van der Waals surface area contributed by atoms with Crippen LogP contribution in [-0.2, 0) is 5.41 Å². The van der Waals surface area contributed by atoms with E-state index in [1.807, 2.05) is 18.3 Å². The summed E-state index contributed by atoms with van der Waals surface area (Å²) in [4.78, 5) is 21.9. The van der Waals surface area contributed by atoms with Gasteiger partial charge < -0.3 is 4.42 Å². The van der Waals surface area contributed by atoms with Crippen molar-refractivity contribution in [2.24, 2.45) is 0 Å². The minimum absolute atomic E-state index is 0.0129. The standard InChI is InChI=1S/C23H20ClN3O2S/c1-23(2,3)20-12-14(6-7-25-20)19-11-16(13-30-19)17-5-4-15(10-18(17)24)21(28)27-22-26-8-9-29-22/h4-13H,1-3H3,(H,26,27,28). The lowest BCUT2D eigenvalue weighted by molar-refractivity contribution is 0.102. The molecule has 0 aliphatic heterocycles. The second kappa shape index (κ2) is 8.05. The topological polar surface area (TPSA) is 68.0 Å². The zero-order valence-electron chi connectivity index (χ0n) is 16.8. The molecule has 30 heavy (non-hydrogen) atoms. The van der Waals surface area contributed by atoms with Crippen LogP contribution < -0.4 is 5.32 Å². The van der Waals surface area contributed by atoms with Gasteiger partial charge in [-0.25, -0.2) is 4.98 Å². The quantitative estimate of drug-likeness (QED) is 0.387. The van der Waals surface area contributed by atoms with Crippen molar-refractivity contribution >= 4 is 34.9 Å². The van der Waals surface area contributed by atoms with Gasteiger partial charge >= 0.3 is 6.01 Å². The van der Waals surface area contributed by atoms with Gasteiger partial charge in [-0.1, -0.05) is 38.4 Å². The van der Waals surface area contributed by atoms with Crippen LogP contribution in [0.15, 0.2) is 64.9 Å². The minimum Gasteiger partial charge on any atom is -0.432 e. The number of pyridine rings is 1. The summed E-state index contributed by atoms with van der Waals surface area (Å²) < 4.78 is 5.04. The monoisotopic (exact) mass is 437 g/mol. The van der Waals surface area contributed by atoms with E-state index >= 15 is 0 Å². The van der Waals surface area contributed by atoms with Crippen molar-refractivity contribution in [3.05, 3.63) is 76.7 Å². The van der Waals surface area contributed by atoms with E-state index in [2.05, 4.69) is 53.6 Å². The molecule has 4 rings (SSSR count). The van der Waals surface area contributed by atoms with Gasteiger partial charge in [0, 0.05) is 38.3 Å². The van der Waals surface area contributed by atoms with Crippen LogP contribution in [0.25, 0.3) is 21.6 Å². The number of amides is 1. The van der Waals surface area contributed by atoms with E-state index in [1.165, 1.54) is 12.5 Å². The summed E-state index contributed by atoms with van der Waals surface area (Å²) in [6, 6.07) is 11.6. The molecular weight excluding hydrogens is 418 g/mol. The summed E-state index contributed by atoms with van der Waals surface area (Å²) in [7, 11) is 0. The molecule has 1 aromatic carbocycles. The van der Waals surface area contributed by atoms with E-state index < -0.39 is 0 Å². The molecule has 0 saturated heterocycles.